The van der Waals surface area contributed by atoms with Gasteiger partial charge in [-0.3, -0.25) is 4.79 Å². The summed E-state index contributed by atoms with van der Waals surface area (Å²) in [5, 5.41) is 17.9. The molecule has 0 unspecified atom stereocenters. The summed E-state index contributed by atoms with van der Waals surface area (Å²) in [6.07, 6.45) is 6.76. The van der Waals surface area contributed by atoms with Crippen LogP contribution in [0.25, 0.3) is 5.69 Å². The lowest BCUT2D eigenvalue weighted by Gasteiger charge is -2.22. The van der Waals surface area contributed by atoms with Crippen LogP contribution in [0.4, 0.5) is 10.1 Å². The van der Waals surface area contributed by atoms with Crippen molar-refractivity contribution in [1.82, 2.24) is 30.1 Å². The first-order valence-electron chi connectivity index (χ1n) is 8.44. The number of amides is 1. The van der Waals surface area contributed by atoms with Crippen LogP contribution >= 0.6 is 24.8 Å². The number of nitrogens with zero attached hydrogens (tertiary/aromatic N) is 5. The van der Waals surface area contributed by atoms with Gasteiger partial charge in [0, 0.05) is 18.1 Å². The highest BCUT2D eigenvalue weighted by Crippen LogP contribution is 2.19. The molecule has 1 amide bonds. The second kappa shape index (κ2) is 9.63. The van der Waals surface area contributed by atoms with Gasteiger partial charge >= 0.3 is 0 Å². The van der Waals surface area contributed by atoms with Crippen molar-refractivity contribution in [2.75, 3.05) is 18.4 Å². The predicted molar refractivity (Wildman–Crippen MR) is 107 cm³/mol. The summed E-state index contributed by atoms with van der Waals surface area (Å²) in [5.74, 6) is -0.902. The summed E-state index contributed by atoms with van der Waals surface area (Å²) < 4.78 is 17.4. The van der Waals surface area contributed by atoms with Crippen molar-refractivity contribution < 1.29 is 9.18 Å². The van der Waals surface area contributed by atoms with Gasteiger partial charge in [-0.1, -0.05) is 5.21 Å². The van der Waals surface area contributed by atoms with E-state index >= 15 is 0 Å². The van der Waals surface area contributed by atoms with Gasteiger partial charge in [0.1, 0.15) is 5.69 Å². The van der Waals surface area contributed by atoms with E-state index in [1.54, 1.807) is 41.5 Å². The largest absolute Gasteiger partial charge is 0.320 e. The van der Waals surface area contributed by atoms with E-state index in [1.165, 1.54) is 10.7 Å². The number of piperidine rings is 1. The van der Waals surface area contributed by atoms with Crippen LogP contribution < -0.4 is 10.6 Å². The van der Waals surface area contributed by atoms with Gasteiger partial charge in [-0.2, -0.15) is 5.10 Å². The predicted octanol–water partition coefficient (Wildman–Crippen LogP) is 2.62. The summed E-state index contributed by atoms with van der Waals surface area (Å²) in [5.41, 5.74) is 0.866. The highest BCUT2D eigenvalue weighted by atomic mass is 35.5. The summed E-state index contributed by atoms with van der Waals surface area (Å²) in [6.45, 7) is 1.85. The molecule has 1 aliphatic heterocycles. The molecule has 8 nitrogen and oxygen atoms in total. The first-order chi connectivity index (χ1) is 12.7. The molecular formula is C17H20Cl2FN7O. The first kappa shape index (κ1) is 21.8. The number of benzene rings is 1. The van der Waals surface area contributed by atoms with Gasteiger partial charge in [-0.15, -0.1) is 29.9 Å². The van der Waals surface area contributed by atoms with Gasteiger partial charge in [0.15, 0.2) is 11.5 Å². The van der Waals surface area contributed by atoms with Crippen LogP contribution in [-0.2, 0) is 0 Å². The van der Waals surface area contributed by atoms with Crippen molar-refractivity contribution in [3.8, 4) is 5.69 Å². The molecule has 3 aromatic rings. The Labute approximate surface area is 173 Å². The molecule has 1 saturated heterocycles. The lowest BCUT2D eigenvalue weighted by molar-refractivity contribution is 0.102. The molecular weight excluding hydrogens is 408 g/mol. The lowest BCUT2D eigenvalue weighted by Crippen LogP contribution is -2.29. The zero-order chi connectivity index (χ0) is 17.9. The van der Waals surface area contributed by atoms with Crippen molar-refractivity contribution in [2.24, 2.45) is 0 Å². The van der Waals surface area contributed by atoms with Gasteiger partial charge in [-0.25, -0.2) is 13.8 Å². The lowest BCUT2D eigenvalue weighted by atomic mass is 10.1. The molecule has 3 heterocycles. The number of rotatable bonds is 4. The molecule has 11 heteroatoms. The van der Waals surface area contributed by atoms with E-state index in [4.69, 9.17) is 0 Å². The molecule has 4 rings (SSSR count). The molecule has 150 valence electrons. The standard InChI is InChI=1S/C17H18FN7O.2ClH/c18-14-10-12(2-3-16(14)24-9-1-6-20-24)21-17(26)15-11-25(23-22-15)13-4-7-19-8-5-13;;/h1-3,6,9-11,13,19H,4-5,7-8H2,(H,21,26);2*1H. The second-order valence-electron chi connectivity index (χ2n) is 6.14. The Morgan fingerprint density at radius 1 is 1.25 bits per heavy atom. The van der Waals surface area contributed by atoms with Crippen molar-refractivity contribution in [3.05, 3.63) is 54.4 Å². The third-order valence-corrected chi connectivity index (χ3v) is 4.38. The van der Waals surface area contributed by atoms with Gasteiger partial charge in [0.05, 0.1) is 12.2 Å². The maximum atomic E-state index is 14.3. The van der Waals surface area contributed by atoms with Crippen LogP contribution in [-0.4, -0.2) is 43.8 Å². The fourth-order valence-corrected chi connectivity index (χ4v) is 3.01. The summed E-state index contributed by atoms with van der Waals surface area (Å²) in [7, 11) is 0. The SMILES string of the molecule is Cl.Cl.O=C(Nc1ccc(-n2cccn2)c(F)c1)c1cn(C2CCNCC2)nn1. The molecule has 0 bridgehead atoms. The van der Waals surface area contributed by atoms with Gasteiger partial charge in [-0.05, 0) is 50.2 Å². The van der Waals surface area contributed by atoms with E-state index in [0.29, 0.717) is 11.4 Å². The molecule has 1 aliphatic rings. The average Bonchev–Trinajstić information content (AvgIpc) is 3.35. The van der Waals surface area contributed by atoms with Crippen molar-refractivity contribution in [1.29, 1.82) is 0 Å². The molecule has 1 aromatic carbocycles. The van der Waals surface area contributed by atoms with Gasteiger partial charge < -0.3 is 10.6 Å². The molecule has 0 spiro atoms. The Hall–Kier alpha value is -2.49. The number of carbonyl (C=O) groups excluding carboxylic acids is 1. The summed E-state index contributed by atoms with van der Waals surface area (Å²) in [4.78, 5) is 12.4. The Morgan fingerprint density at radius 2 is 2.04 bits per heavy atom. The van der Waals surface area contributed by atoms with Gasteiger partial charge in [0.2, 0.25) is 0 Å². The molecule has 0 radical (unpaired) electrons. The molecule has 1 fully saturated rings. The van der Waals surface area contributed by atoms with Crippen LogP contribution in [0.3, 0.4) is 0 Å². The number of aromatic nitrogens is 5. The second-order valence-corrected chi connectivity index (χ2v) is 6.14. The van der Waals surface area contributed by atoms with Crippen molar-refractivity contribution in [3.63, 3.8) is 0 Å². The number of hydrogen-bond acceptors (Lipinski definition) is 5. The van der Waals surface area contributed by atoms with Crippen molar-refractivity contribution in [2.45, 2.75) is 18.9 Å². The smallest absolute Gasteiger partial charge is 0.277 e. The van der Waals surface area contributed by atoms with E-state index in [-0.39, 0.29) is 36.5 Å². The number of hydrogen-bond donors (Lipinski definition) is 2. The Morgan fingerprint density at radius 3 is 2.71 bits per heavy atom. The van der Waals surface area contributed by atoms with Crippen LogP contribution in [0.5, 0.6) is 0 Å². The molecule has 2 aromatic heterocycles. The average molecular weight is 428 g/mol. The fourth-order valence-electron chi connectivity index (χ4n) is 3.01. The normalized spacial score (nSPS) is 14.0. The minimum Gasteiger partial charge on any atom is -0.320 e. The number of nitrogens with one attached hydrogen (secondary N) is 2. The third-order valence-electron chi connectivity index (χ3n) is 4.38. The number of anilines is 1. The minimum absolute atomic E-state index is 0. The highest BCUT2D eigenvalue weighted by molar-refractivity contribution is 6.02. The Kier molecular flexibility index (Phi) is 7.50. The molecule has 2 N–H and O–H groups in total. The van der Waals surface area contributed by atoms with E-state index in [9.17, 15) is 9.18 Å². The van der Waals surface area contributed by atoms with E-state index in [1.807, 2.05) is 0 Å². The van der Waals surface area contributed by atoms with Crippen LogP contribution in [0, 0.1) is 5.82 Å². The van der Waals surface area contributed by atoms with Crippen LogP contribution in [0.15, 0.2) is 42.9 Å². The maximum Gasteiger partial charge on any atom is 0.277 e. The summed E-state index contributed by atoms with van der Waals surface area (Å²) in [6, 6.07) is 6.39. The Balaban J connectivity index is 0.00000140. The number of carbonyl (C=O) groups is 1. The highest BCUT2D eigenvalue weighted by Gasteiger charge is 2.19. The summed E-state index contributed by atoms with van der Waals surface area (Å²) >= 11 is 0. The quantitative estimate of drug-likeness (QED) is 0.667. The zero-order valence-electron chi connectivity index (χ0n) is 14.8. The topological polar surface area (TPSA) is 89.7 Å². The van der Waals surface area contributed by atoms with Crippen LogP contribution in [0.1, 0.15) is 29.4 Å². The minimum atomic E-state index is -0.482. The van der Waals surface area contributed by atoms with Crippen LogP contribution in [0.2, 0.25) is 0 Å². The first-order valence-corrected chi connectivity index (χ1v) is 8.44. The van der Waals surface area contributed by atoms with Gasteiger partial charge in [0.25, 0.3) is 5.91 Å². The fraction of sp³-hybridized carbons (Fsp3) is 0.294. The Bertz CT molecular complexity index is 910. The molecule has 0 atom stereocenters. The monoisotopic (exact) mass is 427 g/mol. The van der Waals surface area contributed by atoms with Crippen molar-refractivity contribution >= 4 is 36.4 Å². The number of halogens is 3. The maximum absolute atomic E-state index is 14.3. The molecule has 28 heavy (non-hydrogen) atoms. The van der Waals surface area contributed by atoms with E-state index < -0.39 is 11.7 Å². The van der Waals surface area contributed by atoms with E-state index in [0.717, 1.165) is 25.9 Å². The third kappa shape index (κ3) is 4.67. The molecule has 0 saturated carbocycles. The molecule has 0 aliphatic carbocycles. The zero-order valence-corrected chi connectivity index (χ0v) is 16.4. The van der Waals surface area contributed by atoms with E-state index in [2.05, 4.69) is 26.0 Å².